The van der Waals surface area contributed by atoms with Gasteiger partial charge in [0.25, 0.3) is 5.56 Å². The second kappa shape index (κ2) is 10.5. The van der Waals surface area contributed by atoms with E-state index >= 15 is 0 Å². The Bertz CT molecular complexity index is 1570. The van der Waals surface area contributed by atoms with Crippen molar-refractivity contribution in [3.8, 4) is 11.5 Å². The van der Waals surface area contributed by atoms with E-state index in [0.29, 0.717) is 31.2 Å². The van der Waals surface area contributed by atoms with Crippen molar-refractivity contribution >= 4 is 41.0 Å². The van der Waals surface area contributed by atoms with Crippen molar-refractivity contribution in [2.75, 3.05) is 13.7 Å². The van der Waals surface area contributed by atoms with Crippen LogP contribution in [-0.2, 0) is 14.3 Å². The summed E-state index contributed by atoms with van der Waals surface area (Å²) in [6, 6.07) is 11.2. The summed E-state index contributed by atoms with van der Waals surface area (Å²) < 4.78 is 17.8. The summed E-state index contributed by atoms with van der Waals surface area (Å²) in [6.07, 6.45) is 1.71. The number of allylic oxidation sites excluding steroid dienone is 1. The van der Waals surface area contributed by atoms with Gasteiger partial charge in [0.2, 0.25) is 0 Å². The Morgan fingerprint density at radius 3 is 2.61 bits per heavy atom. The summed E-state index contributed by atoms with van der Waals surface area (Å²) in [5, 5.41) is 0.508. The molecule has 3 aromatic rings. The monoisotopic (exact) mass is 526 g/mol. The molecule has 1 aliphatic rings. The highest BCUT2D eigenvalue weighted by molar-refractivity contribution is 7.07. The molecular formula is C26H23ClN2O6S. The molecule has 1 aromatic heterocycles. The van der Waals surface area contributed by atoms with Crippen LogP contribution in [0.3, 0.4) is 0 Å². The van der Waals surface area contributed by atoms with Gasteiger partial charge in [-0.25, -0.2) is 9.79 Å². The first-order valence-electron chi connectivity index (χ1n) is 11.1. The topological polar surface area (TPSA) is 96.2 Å². The van der Waals surface area contributed by atoms with Crippen LogP contribution in [0.4, 0.5) is 0 Å². The van der Waals surface area contributed by atoms with Gasteiger partial charge in [-0.1, -0.05) is 47.2 Å². The van der Waals surface area contributed by atoms with Crippen molar-refractivity contribution in [2.24, 2.45) is 4.99 Å². The summed E-state index contributed by atoms with van der Waals surface area (Å²) in [4.78, 5) is 43.2. The first kappa shape index (κ1) is 25.4. The predicted molar refractivity (Wildman–Crippen MR) is 136 cm³/mol. The van der Waals surface area contributed by atoms with Crippen LogP contribution in [0.15, 0.2) is 63.5 Å². The summed E-state index contributed by atoms with van der Waals surface area (Å²) in [5.41, 5.74) is 1.59. The Morgan fingerprint density at radius 1 is 1.19 bits per heavy atom. The molecule has 0 saturated carbocycles. The average molecular weight is 527 g/mol. The highest BCUT2D eigenvalue weighted by Crippen LogP contribution is 2.36. The molecule has 0 bridgehead atoms. The molecule has 36 heavy (non-hydrogen) atoms. The molecule has 0 spiro atoms. The lowest BCUT2D eigenvalue weighted by atomic mass is 9.95. The summed E-state index contributed by atoms with van der Waals surface area (Å²) in [5.74, 6) is -0.583. The minimum atomic E-state index is -0.839. The number of thiazole rings is 1. The van der Waals surface area contributed by atoms with Crippen molar-refractivity contribution in [2.45, 2.75) is 26.8 Å². The summed E-state index contributed by atoms with van der Waals surface area (Å²) in [6.45, 7) is 4.86. The highest BCUT2D eigenvalue weighted by atomic mass is 35.5. The predicted octanol–water partition coefficient (Wildman–Crippen LogP) is 3.39. The zero-order chi connectivity index (χ0) is 26.0. The van der Waals surface area contributed by atoms with Gasteiger partial charge in [0.05, 0.1) is 35.6 Å². The molecule has 2 aromatic carbocycles. The van der Waals surface area contributed by atoms with E-state index < -0.39 is 18.0 Å². The van der Waals surface area contributed by atoms with E-state index in [1.807, 2.05) is 18.2 Å². The standard InChI is InChI=1S/C26H23ClN2O6S/c1-5-34-25(32)22-14(2)28-26-29(24(31)21(36-26)13-16-8-6-7-9-18(16)27)23(22)17-10-11-19(35-15(3)30)20(12-17)33-4/h6-13,23H,5H2,1-4H3/b21-13-/t23-/m0/s1. The number of aromatic nitrogens is 1. The number of hydrogen-bond acceptors (Lipinski definition) is 8. The number of benzene rings is 2. The quantitative estimate of drug-likeness (QED) is 0.361. The molecule has 1 atom stereocenters. The van der Waals surface area contributed by atoms with Crippen LogP contribution in [-0.4, -0.2) is 30.2 Å². The van der Waals surface area contributed by atoms with E-state index in [-0.39, 0.29) is 29.2 Å². The maximum absolute atomic E-state index is 13.7. The second-order valence-corrected chi connectivity index (χ2v) is 9.24. The van der Waals surface area contributed by atoms with Gasteiger partial charge < -0.3 is 14.2 Å². The van der Waals surface area contributed by atoms with Crippen LogP contribution in [0.25, 0.3) is 6.08 Å². The molecule has 0 fully saturated rings. The number of methoxy groups -OCH3 is 1. The van der Waals surface area contributed by atoms with Crippen molar-refractivity contribution in [3.63, 3.8) is 0 Å². The number of esters is 2. The first-order chi connectivity index (χ1) is 17.2. The van der Waals surface area contributed by atoms with Gasteiger partial charge in [-0.2, -0.15) is 0 Å². The van der Waals surface area contributed by atoms with E-state index in [9.17, 15) is 14.4 Å². The van der Waals surface area contributed by atoms with Crippen LogP contribution >= 0.6 is 22.9 Å². The van der Waals surface area contributed by atoms with Crippen LogP contribution < -0.4 is 24.4 Å². The lowest BCUT2D eigenvalue weighted by Gasteiger charge is -2.25. The Balaban J connectivity index is 1.97. The van der Waals surface area contributed by atoms with Gasteiger partial charge in [0.15, 0.2) is 16.3 Å². The van der Waals surface area contributed by atoms with Crippen LogP contribution in [0, 0.1) is 0 Å². The lowest BCUT2D eigenvalue weighted by molar-refractivity contribution is -0.139. The molecule has 186 valence electrons. The van der Waals surface area contributed by atoms with Crippen molar-refractivity contribution in [1.82, 2.24) is 4.57 Å². The van der Waals surface area contributed by atoms with Crippen molar-refractivity contribution in [1.29, 1.82) is 0 Å². The third-order valence-electron chi connectivity index (χ3n) is 5.47. The number of ether oxygens (including phenoxy) is 3. The smallest absolute Gasteiger partial charge is 0.338 e. The molecule has 0 unspecified atom stereocenters. The fourth-order valence-electron chi connectivity index (χ4n) is 3.93. The first-order valence-corrected chi connectivity index (χ1v) is 12.2. The minimum absolute atomic E-state index is 0.161. The SMILES string of the molecule is CCOC(=O)C1=C(C)N=c2s/c(=C\c3ccccc3Cl)c(=O)n2[C@H]1c1ccc(OC(C)=O)c(OC)c1. The summed E-state index contributed by atoms with van der Waals surface area (Å²) in [7, 11) is 1.44. The van der Waals surface area contributed by atoms with Gasteiger partial charge in [-0.3, -0.25) is 14.2 Å². The average Bonchev–Trinajstić information content (AvgIpc) is 3.14. The van der Waals surface area contributed by atoms with Crippen molar-refractivity contribution in [3.05, 3.63) is 89.6 Å². The normalized spacial score (nSPS) is 15.2. The van der Waals surface area contributed by atoms with Gasteiger partial charge >= 0.3 is 11.9 Å². The number of nitrogens with zero attached hydrogens (tertiary/aromatic N) is 2. The molecule has 4 rings (SSSR count). The Hall–Kier alpha value is -3.69. The third kappa shape index (κ3) is 4.84. The fourth-order valence-corrected chi connectivity index (χ4v) is 5.16. The van der Waals surface area contributed by atoms with E-state index in [2.05, 4.69) is 4.99 Å². The van der Waals surface area contributed by atoms with Gasteiger partial charge in [0.1, 0.15) is 0 Å². The molecule has 0 N–H and O–H groups in total. The number of fused-ring (bicyclic) bond motifs is 1. The number of halogens is 1. The number of carbonyl (C=O) groups is 2. The second-order valence-electron chi connectivity index (χ2n) is 7.83. The van der Waals surface area contributed by atoms with E-state index in [4.69, 9.17) is 25.8 Å². The van der Waals surface area contributed by atoms with Gasteiger partial charge in [-0.15, -0.1) is 0 Å². The fraction of sp³-hybridized carbons (Fsp3) is 0.231. The molecule has 0 saturated heterocycles. The highest BCUT2D eigenvalue weighted by Gasteiger charge is 2.34. The molecule has 2 heterocycles. The third-order valence-corrected chi connectivity index (χ3v) is 6.79. The molecule has 0 radical (unpaired) electrons. The van der Waals surface area contributed by atoms with E-state index in [0.717, 1.165) is 0 Å². The van der Waals surface area contributed by atoms with Gasteiger partial charge in [0, 0.05) is 11.9 Å². The molecule has 8 nitrogen and oxygen atoms in total. The Kier molecular flexibility index (Phi) is 7.42. The molecule has 0 amide bonds. The Labute approximate surface area is 215 Å². The van der Waals surface area contributed by atoms with Gasteiger partial charge in [-0.05, 0) is 49.2 Å². The lowest BCUT2D eigenvalue weighted by Crippen LogP contribution is -2.40. The number of hydrogen-bond donors (Lipinski definition) is 0. The zero-order valence-corrected chi connectivity index (χ0v) is 21.6. The molecule has 1 aliphatic heterocycles. The molecular weight excluding hydrogens is 504 g/mol. The molecule has 0 aliphatic carbocycles. The maximum Gasteiger partial charge on any atom is 0.338 e. The zero-order valence-electron chi connectivity index (χ0n) is 20.0. The van der Waals surface area contributed by atoms with Crippen LogP contribution in [0.5, 0.6) is 11.5 Å². The maximum atomic E-state index is 13.7. The van der Waals surface area contributed by atoms with Crippen LogP contribution in [0.1, 0.15) is 37.9 Å². The van der Waals surface area contributed by atoms with E-state index in [1.54, 1.807) is 44.2 Å². The Morgan fingerprint density at radius 2 is 1.94 bits per heavy atom. The van der Waals surface area contributed by atoms with E-state index in [1.165, 1.54) is 29.9 Å². The number of rotatable bonds is 6. The summed E-state index contributed by atoms with van der Waals surface area (Å²) >= 11 is 7.51. The van der Waals surface area contributed by atoms with Crippen molar-refractivity contribution < 1.29 is 23.8 Å². The molecule has 10 heteroatoms. The number of carbonyl (C=O) groups excluding carboxylic acids is 2. The minimum Gasteiger partial charge on any atom is -0.493 e. The van der Waals surface area contributed by atoms with Crippen LogP contribution in [0.2, 0.25) is 5.02 Å². The largest absolute Gasteiger partial charge is 0.493 e.